The van der Waals surface area contributed by atoms with Gasteiger partial charge in [-0.05, 0) is 25.5 Å². The Balaban J connectivity index is 1.99. The summed E-state index contributed by atoms with van der Waals surface area (Å²) in [6.45, 7) is 3.91. The highest BCUT2D eigenvalue weighted by molar-refractivity contribution is 8.02. The van der Waals surface area contributed by atoms with Gasteiger partial charge in [-0.25, -0.2) is 0 Å². The lowest BCUT2D eigenvalue weighted by Crippen LogP contribution is -2.24. The molecule has 0 fully saturated rings. The highest BCUT2D eigenvalue weighted by Crippen LogP contribution is 2.28. The summed E-state index contributed by atoms with van der Waals surface area (Å²) in [5.74, 6) is 0.00607. The zero-order chi connectivity index (χ0) is 13.7. The number of rotatable bonds is 5. The number of amides is 1. The van der Waals surface area contributed by atoms with Crippen LogP contribution >= 0.6 is 23.1 Å². The van der Waals surface area contributed by atoms with Gasteiger partial charge in [0.2, 0.25) is 5.91 Å². The van der Waals surface area contributed by atoms with Crippen LogP contribution in [0.5, 0.6) is 0 Å². The fourth-order valence-corrected chi connectivity index (χ4v) is 3.50. The third-order valence-corrected chi connectivity index (χ3v) is 4.74. The molecule has 1 amide bonds. The van der Waals surface area contributed by atoms with Crippen molar-refractivity contribution in [2.75, 3.05) is 5.32 Å². The third kappa shape index (κ3) is 4.04. The molecule has 100 valence electrons. The summed E-state index contributed by atoms with van der Waals surface area (Å²) < 4.78 is 0.840. The molecular weight excluding hydrogens is 278 g/mol. The molecule has 0 bridgehead atoms. The van der Waals surface area contributed by atoms with Gasteiger partial charge in [-0.15, -0.1) is 10.2 Å². The fourth-order valence-electron chi connectivity index (χ4n) is 1.51. The van der Waals surface area contributed by atoms with Gasteiger partial charge in [-0.1, -0.05) is 48.2 Å². The molecule has 1 N–H and O–H groups in total. The fraction of sp³-hybridized carbons (Fsp3) is 0.308. The standard InChI is InChI=1S/C13H15N3OS2/c1-3-11(19-13-16-15-9(2)18-13)12(17)14-10-7-5-4-6-8-10/h4-8,11H,3H2,1-2H3,(H,14,17). The number of aryl methyl sites for hydroxylation is 1. The normalized spacial score (nSPS) is 12.1. The number of benzene rings is 1. The third-order valence-electron chi connectivity index (χ3n) is 2.46. The average Bonchev–Trinajstić information content (AvgIpc) is 2.82. The summed E-state index contributed by atoms with van der Waals surface area (Å²) in [6.07, 6.45) is 0.752. The molecule has 6 heteroatoms. The summed E-state index contributed by atoms with van der Waals surface area (Å²) in [5, 5.41) is 11.7. The number of carbonyl (C=O) groups excluding carboxylic acids is 1. The lowest BCUT2D eigenvalue weighted by atomic mass is 10.3. The van der Waals surface area contributed by atoms with Gasteiger partial charge in [0.1, 0.15) is 5.01 Å². The smallest absolute Gasteiger partial charge is 0.237 e. The topological polar surface area (TPSA) is 54.9 Å². The second-order valence-electron chi connectivity index (χ2n) is 3.96. The van der Waals surface area contributed by atoms with E-state index in [1.54, 1.807) is 0 Å². The Bertz CT molecular complexity index is 542. The number of hydrogen-bond donors (Lipinski definition) is 1. The highest BCUT2D eigenvalue weighted by atomic mass is 32.2. The summed E-state index contributed by atoms with van der Waals surface area (Å²) >= 11 is 2.99. The molecule has 1 heterocycles. The number of nitrogens with zero attached hydrogens (tertiary/aromatic N) is 2. The zero-order valence-electron chi connectivity index (χ0n) is 10.8. The van der Waals surface area contributed by atoms with Crippen LogP contribution in [-0.2, 0) is 4.79 Å². The molecule has 1 unspecified atom stereocenters. The lowest BCUT2D eigenvalue weighted by Gasteiger charge is -2.12. The molecule has 0 radical (unpaired) electrons. The van der Waals surface area contributed by atoms with E-state index in [4.69, 9.17) is 0 Å². The molecule has 1 atom stereocenters. The number of hydrogen-bond acceptors (Lipinski definition) is 5. The first-order valence-electron chi connectivity index (χ1n) is 6.01. The Morgan fingerprint density at radius 3 is 2.68 bits per heavy atom. The second kappa shape index (κ2) is 6.68. The molecule has 0 spiro atoms. The van der Waals surface area contributed by atoms with Crippen molar-refractivity contribution in [3.05, 3.63) is 35.3 Å². The number of thioether (sulfide) groups is 1. The van der Waals surface area contributed by atoms with E-state index in [-0.39, 0.29) is 11.2 Å². The predicted molar refractivity (Wildman–Crippen MR) is 79.7 cm³/mol. The average molecular weight is 293 g/mol. The van der Waals surface area contributed by atoms with Crippen molar-refractivity contribution in [2.45, 2.75) is 29.9 Å². The number of carbonyl (C=O) groups is 1. The summed E-state index contributed by atoms with van der Waals surface area (Å²) in [7, 11) is 0. The van der Waals surface area contributed by atoms with E-state index >= 15 is 0 Å². The van der Waals surface area contributed by atoms with Crippen LogP contribution in [0.15, 0.2) is 34.7 Å². The zero-order valence-corrected chi connectivity index (χ0v) is 12.4. The molecule has 1 aromatic carbocycles. The van der Waals surface area contributed by atoms with E-state index < -0.39 is 0 Å². The van der Waals surface area contributed by atoms with Crippen LogP contribution in [0.4, 0.5) is 5.69 Å². The Kier molecular flexibility index (Phi) is 4.93. The SMILES string of the molecule is CCC(Sc1nnc(C)s1)C(=O)Nc1ccccc1. The summed E-state index contributed by atoms with van der Waals surface area (Å²) in [4.78, 5) is 12.2. The molecule has 1 aromatic heterocycles. The van der Waals surface area contributed by atoms with Crippen LogP contribution in [0.3, 0.4) is 0 Å². The number of aromatic nitrogens is 2. The summed E-state index contributed by atoms with van der Waals surface area (Å²) in [6, 6.07) is 9.48. The van der Waals surface area contributed by atoms with E-state index in [2.05, 4.69) is 15.5 Å². The van der Waals surface area contributed by atoms with Crippen LogP contribution in [0.2, 0.25) is 0 Å². The largest absolute Gasteiger partial charge is 0.325 e. The Hall–Kier alpha value is -1.40. The maximum atomic E-state index is 12.2. The van der Waals surface area contributed by atoms with Crippen LogP contribution in [0.1, 0.15) is 18.4 Å². The van der Waals surface area contributed by atoms with Gasteiger partial charge in [0.15, 0.2) is 4.34 Å². The van der Waals surface area contributed by atoms with E-state index in [1.807, 2.05) is 44.2 Å². The monoisotopic (exact) mass is 293 g/mol. The molecule has 0 aliphatic rings. The molecule has 0 saturated heterocycles. The maximum absolute atomic E-state index is 12.2. The summed E-state index contributed by atoms with van der Waals surface area (Å²) in [5.41, 5.74) is 0.819. The second-order valence-corrected chi connectivity index (χ2v) is 6.59. The van der Waals surface area contributed by atoms with Crippen LogP contribution in [0.25, 0.3) is 0 Å². The van der Waals surface area contributed by atoms with Gasteiger partial charge in [-0.2, -0.15) is 0 Å². The Labute approximate surface area is 120 Å². The Morgan fingerprint density at radius 2 is 2.11 bits per heavy atom. The number of nitrogens with one attached hydrogen (secondary N) is 1. The minimum atomic E-state index is -0.146. The van der Waals surface area contributed by atoms with E-state index in [1.165, 1.54) is 23.1 Å². The van der Waals surface area contributed by atoms with Gasteiger partial charge >= 0.3 is 0 Å². The van der Waals surface area contributed by atoms with Crippen molar-refractivity contribution in [3.63, 3.8) is 0 Å². The number of para-hydroxylation sites is 1. The van der Waals surface area contributed by atoms with Crippen LogP contribution in [-0.4, -0.2) is 21.4 Å². The van der Waals surface area contributed by atoms with Crippen molar-refractivity contribution in [1.29, 1.82) is 0 Å². The minimum Gasteiger partial charge on any atom is -0.325 e. The van der Waals surface area contributed by atoms with E-state index in [9.17, 15) is 4.79 Å². The van der Waals surface area contributed by atoms with Crippen molar-refractivity contribution < 1.29 is 4.79 Å². The van der Waals surface area contributed by atoms with Gasteiger partial charge < -0.3 is 5.32 Å². The van der Waals surface area contributed by atoms with Gasteiger partial charge in [0.05, 0.1) is 5.25 Å². The highest BCUT2D eigenvalue weighted by Gasteiger charge is 2.19. The van der Waals surface area contributed by atoms with Crippen molar-refractivity contribution in [2.24, 2.45) is 0 Å². The molecule has 0 aliphatic carbocycles. The van der Waals surface area contributed by atoms with E-state index in [0.717, 1.165) is 21.5 Å². The van der Waals surface area contributed by atoms with Crippen LogP contribution in [0, 0.1) is 6.92 Å². The van der Waals surface area contributed by atoms with Crippen LogP contribution < -0.4 is 5.32 Å². The maximum Gasteiger partial charge on any atom is 0.237 e. The van der Waals surface area contributed by atoms with Gasteiger partial charge in [-0.3, -0.25) is 4.79 Å². The molecule has 0 aliphatic heterocycles. The molecule has 4 nitrogen and oxygen atoms in total. The van der Waals surface area contributed by atoms with Gasteiger partial charge in [0, 0.05) is 5.69 Å². The van der Waals surface area contributed by atoms with Gasteiger partial charge in [0.25, 0.3) is 0 Å². The lowest BCUT2D eigenvalue weighted by molar-refractivity contribution is -0.115. The predicted octanol–water partition coefficient (Wildman–Crippen LogP) is 3.36. The quantitative estimate of drug-likeness (QED) is 0.859. The molecule has 2 aromatic rings. The molecule has 0 saturated carbocycles. The van der Waals surface area contributed by atoms with Crippen molar-refractivity contribution >= 4 is 34.7 Å². The van der Waals surface area contributed by atoms with Crippen molar-refractivity contribution in [3.8, 4) is 0 Å². The van der Waals surface area contributed by atoms with Crippen molar-refractivity contribution in [1.82, 2.24) is 10.2 Å². The first-order chi connectivity index (χ1) is 9.19. The van der Waals surface area contributed by atoms with E-state index in [0.29, 0.717) is 0 Å². The first-order valence-corrected chi connectivity index (χ1v) is 7.71. The molecular formula is C13H15N3OS2. The Morgan fingerprint density at radius 1 is 1.37 bits per heavy atom. The first kappa shape index (κ1) is 14.0. The molecule has 2 rings (SSSR count). The number of anilines is 1. The molecule has 19 heavy (non-hydrogen) atoms. The minimum absolute atomic E-state index is 0.00607.